The minimum atomic E-state index is 0.511. The van der Waals surface area contributed by atoms with Crippen molar-refractivity contribution in [3.8, 4) is 11.8 Å². The molecular formula is C22H15BrClNO. The van der Waals surface area contributed by atoms with Gasteiger partial charge < -0.3 is 4.74 Å². The topological polar surface area (TPSA) is 33.0 Å². The highest BCUT2D eigenvalue weighted by atomic mass is 79.9. The van der Waals surface area contributed by atoms with Gasteiger partial charge in [0.05, 0.1) is 11.6 Å². The quantitative estimate of drug-likeness (QED) is 0.335. The molecule has 0 fully saturated rings. The fourth-order valence-corrected chi connectivity index (χ4v) is 2.77. The molecule has 0 saturated heterocycles. The number of benzene rings is 3. The smallest absolute Gasteiger partial charge is 0.119 e. The average Bonchev–Trinajstić information content (AvgIpc) is 2.67. The van der Waals surface area contributed by atoms with Crippen LogP contribution in [0, 0.1) is 11.3 Å². The van der Waals surface area contributed by atoms with Gasteiger partial charge in [-0.3, -0.25) is 0 Å². The lowest BCUT2D eigenvalue weighted by Crippen LogP contribution is -1.94. The second kappa shape index (κ2) is 8.71. The molecule has 0 radical (unpaired) electrons. The molecule has 0 bridgehead atoms. The zero-order valence-corrected chi connectivity index (χ0v) is 16.2. The molecule has 128 valence electrons. The van der Waals surface area contributed by atoms with Crippen LogP contribution >= 0.6 is 27.5 Å². The third-order valence-corrected chi connectivity index (χ3v) is 4.57. The van der Waals surface area contributed by atoms with Crippen LogP contribution in [0.3, 0.4) is 0 Å². The molecule has 0 unspecified atom stereocenters. The maximum absolute atomic E-state index is 9.42. The second-order valence-corrected chi connectivity index (χ2v) is 7.01. The van der Waals surface area contributed by atoms with Gasteiger partial charge in [0.2, 0.25) is 0 Å². The molecule has 0 saturated carbocycles. The van der Waals surface area contributed by atoms with Crippen molar-refractivity contribution in [1.29, 1.82) is 5.26 Å². The zero-order valence-electron chi connectivity index (χ0n) is 13.8. The summed E-state index contributed by atoms with van der Waals surface area (Å²) in [4.78, 5) is 0. The van der Waals surface area contributed by atoms with Crippen molar-refractivity contribution < 1.29 is 4.74 Å². The van der Waals surface area contributed by atoms with Crippen LogP contribution in [-0.2, 0) is 6.61 Å². The van der Waals surface area contributed by atoms with Crippen molar-refractivity contribution in [2.75, 3.05) is 0 Å². The monoisotopic (exact) mass is 423 g/mol. The molecule has 3 rings (SSSR count). The summed E-state index contributed by atoms with van der Waals surface area (Å²) in [6.45, 7) is 0.511. The van der Waals surface area contributed by atoms with E-state index in [-0.39, 0.29) is 0 Å². The van der Waals surface area contributed by atoms with Crippen LogP contribution in [0.4, 0.5) is 0 Å². The molecule has 0 amide bonds. The molecule has 0 atom stereocenters. The molecule has 4 heteroatoms. The van der Waals surface area contributed by atoms with Gasteiger partial charge in [-0.1, -0.05) is 63.9 Å². The molecule has 0 heterocycles. The Kier molecular flexibility index (Phi) is 6.12. The average molecular weight is 425 g/mol. The lowest BCUT2D eigenvalue weighted by atomic mass is 10.0. The lowest BCUT2D eigenvalue weighted by Gasteiger charge is -2.07. The van der Waals surface area contributed by atoms with Gasteiger partial charge in [-0.15, -0.1) is 0 Å². The van der Waals surface area contributed by atoms with Crippen molar-refractivity contribution in [3.05, 3.63) is 99.0 Å². The van der Waals surface area contributed by atoms with E-state index in [9.17, 15) is 5.26 Å². The molecule has 0 aliphatic heterocycles. The number of allylic oxidation sites excluding steroid dienone is 1. The molecule has 0 aliphatic carbocycles. The highest BCUT2D eigenvalue weighted by Gasteiger charge is 2.02. The van der Waals surface area contributed by atoms with E-state index in [1.165, 1.54) is 0 Å². The van der Waals surface area contributed by atoms with E-state index in [2.05, 4.69) is 22.0 Å². The van der Waals surface area contributed by atoms with Crippen molar-refractivity contribution in [2.45, 2.75) is 6.61 Å². The van der Waals surface area contributed by atoms with Gasteiger partial charge in [0, 0.05) is 9.50 Å². The highest BCUT2D eigenvalue weighted by Crippen LogP contribution is 2.22. The van der Waals surface area contributed by atoms with E-state index >= 15 is 0 Å². The molecular weight excluding hydrogens is 410 g/mol. The minimum absolute atomic E-state index is 0.511. The zero-order chi connectivity index (χ0) is 18.4. The summed E-state index contributed by atoms with van der Waals surface area (Å²) in [6, 6.07) is 25.2. The number of hydrogen-bond donors (Lipinski definition) is 0. The Morgan fingerprint density at radius 3 is 2.23 bits per heavy atom. The van der Waals surface area contributed by atoms with Gasteiger partial charge in [-0.2, -0.15) is 5.26 Å². The standard InChI is InChI=1S/C22H15BrClNO/c23-20-7-1-17(2-8-20)15-26-22-11-3-16(4-12-22)13-19(14-25)18-5-9-21(24)10-6-18/h1-13H,15H2/b19-13-. The minimum Gasteiger partial charge on any atom is -0.489 e. The highest BCUT2D eigenvalue weighted by molar-refractivity contribution is 9.10. The van der Waals surface area contributed by atoms with E-state index in [0.29, 0.717) is 17.2 Å². The SMILES string of the molecule is N#C/C(=C/c1ccc(OCc2ccc(Br)cc2)cc1)c1ccc(Cl)cc1. The van der Waals surface area contributed by atoms with Crippen LogP contribution in [0.1, 0.15) is 16.7 Å². The predicted molar refractivity (Wildman–Crippen MR) is 110 cm³/mol. The molecule has 3 aromatic carbocycles. The molecule has 3 aromatic rings. The molecule has 0 aliphatic rings. The van der Waals surface area contributed by atoms with Crippen LogP contribution in [-0.4, -0.2) is 0 Å². The number of hydrogen-bond acceptors (Lipinski definition) is 2. The van der Waals surface area contributed by atoms with Crippen molar-refractivity contribution in [1.82, 2.24) is 0 Å². The summed E-state index contributed by atoms with van der Waals surface area (Å²) >= 11 is 9.32. The summed E-state index contributed by atoms with van der Waals surface area (Å²) in [7, 11) is 0. The normalized spacial score (nSPS) is 11.0. The Morgan fingerprint density at radius 2 is 1.62 bits per heavy atom. The van der Waals surface area contributed by atoms with E-state index in [1.54, 1.807) is 12.1 Å². The predicted octanol–water partition coefficient (Wildman–Crippen LogP) is 6.75. The van der Waals surface area contributed by atoms with Gasteiger partial charge in [0.15, 0.2) is 0 Å². The Bertz CT molecular complexity index is 939. The largest absolute Gasteiger partial charge is 0.489 e. The van der Waals surface area contributed by atoms with Gasteiger partial charge in [0.25, 0.3) is 0 Å². The number of rotatable bonds is 5. The summed E-state index contributed by atoms with van der Waals surface area (Å²) in [5, 5.41) is 10.1. The molecule has 2 nitrogen and oxygen atoms in total. The van der Waals surface area contributed by atoms with Crippen molar-refractivity contribution in [3.63, 3.8) is 0 Å². The first kappa shape index (κ1) is 18.3. The fourth-order valence-electron chi connectivity index (χ4n) is 2.38. The van der Waals surface area contributed by atoms with Crippen LogP contribution in [0.2, 0.25) is 5.02 Å². The number of halogens is 2. The third-order valence-electron chi connectivity index (χ3n) is 3.79. The Labute approximate surface area is 166 Å². The van der Waals surface area contributed by atoms with Crippen LogP contribution < -0.4 is 4.74 Å². The first-order chi connectivity index (χ1) is 12.6. The molecule has 26 heavy (non-hydrogen) atoms. The van der Waals surface area contributed by atoms with Gasteiger partial charge >= 0.3 is 0 Å². The summed E-state index contributed by atoms with van der Waals surface area (Å²) in [5.74, 6) is 0.787. The van der Waals surface area contributed by atoms with Gasteiger partial charge in [-0.05, 0) is 59.2 Å². The summed E-state index contributed by atoms with van der Waals surface area (Å²) in [5.41, 5.74) is 3.47. The first-order valence-electron chi connectivity index (χ1n) is 7.99. The van der Waals surface area contributed by atoms with Crippen molar-refractivity contribution >= 4 is 39.2 Å². The summed E-state index contributed by atoms with van der Waals surface area (Å²) in [6.07, 6.45) is 1.85. The van der Waals surface area contributed by atoms with Gasteiger partial charge in [-0.25, -0.2) is 0 Å². The number of nitrogens with zero attached hydrogens (tertiary/aromatic N) is 1. The van der Waals surface area contributed by atoms with E-state index in [1.807, 2.05) is 66.7 Å². The lowest BCUT2D eigenvalue weighted by molar-refractivity contribution is 0.306. The van der Waals surface area contributed by atoms with E-state index in [4.69, 9.17) is 16.3 Å². The van der Waals surface area contributed by atoms with Crippen LogP contribution in [0.15, 0.2) is 77.3 Å². The number of ether oxygens (including phenoxy) is 1. The Hall–Kier alpha value is -2.54. The summed E-state index contributed by atoms with van der Waals surface area (Å²) < 4.78 is 6.85. The molecule has 0 spiro atoms. The van der Waals surface area contributed by atoms with Crippen LogP contribution in [0.25, 0.3) is 11.6 Å². The van der Waals surface area contributed by atoms with E-state index < -0.39 is 0 Å². The fraction of sp³-hybridized carbons (Fsp3) is 0.0455. The second-order valence-electron chi connectivity index (χ2n) is 5.66. The Morgan fingerprint density at radius 1 is 0.962 bits per heavy atom. The van der Waals surface area contributed by atoms with Gasteiger partial charge in [0.1, 0.15) is 12.4 Å². The maximum atomic E-state index is 9.42. The Balaban J connectivity index is 1.69. The van der Waals surface area contributed by atoms with Crippen LogP contribution in [0.5, 0.6) is 5.75 Å². The van der Waals surface area contributed by atoms with E-state index in [0.717, 1.165) is 26.9 Å². The van der Waals surface area contributed by atoms with Crippen molar-refractivity contribution in [2.24, 2.45) is 0 Å². The molecule has 0 N–H and O–H groups in total. The third kappa shape index (κ3) is 4.98. The maximum Gasteiger partial charge on any atom is 0.119 e. The molecule has 0 aromatic heterocycles. The number of nitriles is 1. The first-order valence-corrected chi connectivity index (χ1v) is 9.16.